The Labute approximate surface area is 119 Å². The Balaban J connectivity index is 2.22. The van der Waals surface area contributed by atoms with Gasteiger partial charge in [-0.2, -0.15) is 0 Å². The molecular formula is C15H22ClN3. The van der Waals surface area contributed by atoms with Crippen LogP contribution < -0.4 is 5.73 Å². The summed E-state index contributed by atoms with van der Waals surface area (Å²) in [5.74, 6) is 1.81. The highest BCUT2D eigenvalue weighted by Gasteiger charge is 2.11. The van der Waals surface area contributed by atoms with Gasteiger partial charge in [0.05, 0.1) is 11.0 Å². The smallest absolute Gasteiger partial charge is 0.109 e. The summed E-state index contributed by atoms with van der Waals surface area (Å²) in [6, 6.07) is 5.90. The molecule has 4 heteroatoms. The number of halogens is 1. The van der Waals surface area contributed by atoms with Crippen LogP contribution in [0.4, 0.5) is 0 Å². The number of hydrogen-bond donors (Lipinski definition) is 1. The van der Waals surface area contributed by atoms with Crippen LogP contribution in [-0.2, 0) is 13.0 Å². The van der Waals surface area contributed by atoms with E-state index in [2.05, 4.69) is 18.4 Å². The summed E-state index contributed by atoms with van der Waals surface area (Å²) in [5.41, 5.74) is 7.77. The van der Waals surface area contributed by atoms with Crippen LogP contribution in [0.5, 0.6) is 0 Å². The summed E-state index contributed by atoms with van der Waals surface area (Å²) in [6.07, 6.45) is 3.22. The van der Waals surface area contributed by atoms with Crippen LogP contribution in [0.25, 0.3) is 11.0 Å². The van der Waals surface area contributed by atoms with Crippen molar-refractivity contribution in [2.75, 3.05) is 6.54 Å². The molecule has 0 spiro atoms. The van der Waals surface area contributed by atoms with Crippen LogP contribution in [-0.4, -0.2) is 16.1 Å². The molecule has 1 aromatic heterocycles. The van der Waals surface area contributed by atoms with E-state index in [9.17, 15) is 0 Å². The van der Waals surface area contributed by atoms with Gasteiger partial charge in [0.1, 0.15) is 5.82 Å². The summed E-state index contributed by atoms with van der Waals surface area (Å²) in [6.45, 7) is 6.09. The van der Waals surface area contributed by atoms with Crippen molar-refractivity contribution in [2.45, 2.75) is 39.7 Å². The second kappa shape index (κ2) is 6.40. The van der Waals surface area contributed by atoms with E-state index in [1.165, 1.54) is 0 Å². The van der Waals surface area contributed by atoms with Crippen molar-refractivity contribution < 1.29 is 0 Å². The summed E-state index contributed by atoms with van der Waals surface area (Å²) < 4.78 is 2.26. The van der Waals surface area contributed by atoms with Crippen molar-refractivity contribution >= 4 is 22.6 Å². The highest BCUT2D eigenvalue weighted by Crippen LogP contribution is 2.22. The lowest BCUT2D eigenvalue weighted by Gasteiger charge is -2.10. The van der Waals surface area contributed by atoms with E-state index in [4.69, 9.17) is 22.3 Å². The van der Waals surface area contributed by atoms with Gasteiger partial charge < -0.3 is 10.3 Å². The number of fused-ring (bicyclic) bond motifs is 1. The molecule has 0 aliphatic rings. The SMILES string of the molecule is CCn1c(CCC(C)CCN)nc2ccc(Cl)cc21. The molecule has 1 aromatic carbocycles. The largest absolute Gasteiger partial charge is 0.330 e. The van der Waals surface area contributed by atoms with E-state index >= 15 is 0 Å². The zero-order chi connectivity index (χ0) is 13.8. The minimum absolute atomic E-state index is 0.652. The molecule has 0 aliphatic heterocycles. The third-order valence-corrected chi connectivity index (χ3v) is 3.86. The average Bonchev–Trinajstić information content (AvgIpc) is 2.73. The summed E-state index contributed by atoms with van der Waals surface area (Å²) in [5, 5.41) is 0.769. The number of hydrogen-bond acceptors (Lipinski definition) is 2. The fourth-order valence-electron chi connectivity index (χ4n) is 2.49. The monoisotopic (exact) mass is 279 g/mol. The molecule has 104 valence electrons. The van der Waals surface area contributed by atoms with Crippen molar-refractivity contribution in [2.24, 2.45) is 11.7 Å². The van der Waals surface area contributed by atoms with E-state index in [0.717, 1.165) is 54.2 Å². The number of nitrogens with zero attached hydrogens (tertiary/aromatic N) is 2. The summed E-state index contributed by atoms with van der Waals surface area (Å²) in [4.78, 5) is 4.73. The molecule has 2 N–H and O–H groups in total. The van der Waals surface area contributed by atoms with Gasteiger partial charge in [-0.15, -0.1) is 0 Å². The number of rotatable bonds is 6. The number of aryl methyl sites for hydroxylation is 2. The van der Waals surface area contributed by atoms with Gasteiger partial charge in [0, 0.05) is 18.0 Å². The molecule has 0 saturated carbocycles. The Bertz CT molecular complexity index is 548. The third-order valence-electron chi connectivity index (χ3n) is 3.63. The lowest BCUT2D eigenvalue weighted by molar-refractivity contribution is 0.488. The molecule has 3 nitrogen and oxygen atoms in total. The highest BCUT2D eigenvalue weighted by molar-refractivity contribution is 6.31. The number of imidazole rings is 1. The topological polar surface area (TPSA) is 43.8 Å². The molecule has 19 heavy (non-hydrogen) atoms. The van der Waals surface area contributed by atoms with E-state index < -0.39 is 0 Å². The van der Waals surface area contributed by atoms with Crippen LogP contribution >= 0.6 is 11.6 Å². The predicted molar refractivity (Wildman–Crippen MR) is 81.6 cm³/mol. The van der Waals surface area contributed by atoms with Crippen molar-refractivity contribution in [3.05, 3.63) is 29.0 Å². The molecule has 2 rings (SSSR count). The van der Waals surface area contributed by atoms with Gasteiger partial charge in [0.15, 0.2) is 0 Å². The van der Waals surface area contributed by atoms with Crippen molar-refractivity contribution in [3.8, 4) is 0 Å². The lowest BCUT2D eigenvalue weighted by Crippen LogP contribution is -2.09. The normalized spacial score (nSPS) is 13.1. The van der Waals surface area contributed by atoms with Gasteiger partial charge in [0.25, 0.3) is 0 Å². The summed E-state index contributed by atoms with van der Waals surface area (Å²) in [7, 11) is 0. The number of aromatic nitrogens is 2. The van der Waals surface area contributed by atoms with Crippen LogP contribution in [0.15, 0.2) is 18.2 Å². The lowest BCUT2D eigenvalue weighted by atomic mass is 10.0. The maximum absolute atomic E-state index is 6.07. The molecule has 1 atom stereocenters. The fraction of sp³-hybridized carbons (Fsp3) is 0.533. The minimum Gasteiger partial charge on any atom is -0.330 e. The van der Waals surface area contributed by atoms with Crippen LogP contribution in [0.1, 0.15) is 32.5 Å². The molecule has 1 heterocycles. The maximum atomic E-state index is 6.07. The maximum Gasteiger partial charge on any atom is 0.109 e. The van der Waals surface area contributed by atoms with Gasteiger partial charge in [-0.1, -0.05) is 18.5 Å². The van der Waals surface area contributed by atoms with E-state index in [0.29, 0.717) is 5.92 Å². The van der Waals surface area contributed by atoms with Gasteiger partial charge in [-0.3, -0.25) is 0 Å². The quantitative estimate of drug-likeness (QED) is 0.877. The average molecular weight is 280 g/mol. The predicted octanol–water partition coefficient (Wildman–Crippen LogP) is 3.63. The Morgan fingerprint density at radius 3 is 2.84 bits per heavy atom. The van der Waals surface area contributed by atoms with E-state index in [1.807, 2.05) is 18.2 Å². The van der Waals surface area contributed by atoms with Gasteiger partial charge in [-0.05, 0) is 50.4 Å². The first-order valence-corrected chi connectivity index (χ1v) is 7.38. The zero-order valence-electron chi connectivity index (χ0n) is 11.7. The Kier molecular flexibility index (Phi) is 4.83. The van der Waals surface area contributed by atoms with Crippen molar-refractivity contribution in [1.29, 1.82) is 0 Å². The molecule has 0 radical (unpaired) electrons. The number of nitrogens with two attached hydrogens (primary N) is 1. The molecule has 2 aromatic rings. The standard InChI is InChI=1S/C15H22ClN3/c1-3-19-14-10-12(16)5-6-13(14)18-15(19)7-4-11(2)8-9-17/h5-6,10-11H,3-4,7-9,17H2,1-2H3. The third kappa shape index (κ3) is 3.28. The van der Waals surface area contributed by atoms with E-state index in [-0.39, 0.29) is 0 Å². The first-order chi connectivity index (χ1) is 9.15. The van der Waals surface area contributed by atoms with Gasteiger partial charge >= 0.3 is 0 Å². The van der Waals surface area contributed by atoms with Crippen LogP contribution in [0.2, 0.25) is 5.02 Å². The molecule has 0 saturated heterocycles. The summed E-state index contributed by atoms with van der Waals surface area (Å²) >= 11 is 6.07. The first-order valence-electron chi connectivity index (χ1n) is 7.00. The number of benzene rings is 1. The van der Waals surface area contributed by atoms with Gasteiger partial charge in [0.2, 0.25) is 0 Å². The molecule has 1 unspecified atom stereocenters. The Morgan fingerprint density at radius 1 is 1.37 bits per heavy atom. The molecular weight excluding hydrogens is 258 g/mol. The fourth-order valence-corrected chi connectivity index (χ4v) is 2.66. The van der Waals surface area contributed by atoms with Gasteiger partial charge in [-0.25, -0.2) is 4.98 Å². The second-order valence-electron chi connectivity index (χ2n) is 5.13. The Morgan fingerprint density at radius 2 is 2.16 bits per heavy atom. The highest BCUT2D eigenvalue weighted by atomic mass is 35.5. The van der Waals surface area contributed by atoms with Crippen molar-refractivity contribution in [3.63, 3.8) is 0 Å². The minimum atomic E-state index is 0.652. The molecule has 0 aliphatic carbocycles. The van der Waals surface area contributed by atoms with Crippen molar-refractivity contribution in [1.82, 2.24) is 9.55 Å². The van der Waals surface area contributed by atoms with Crippen LogP contribution in [0.3, 0.4) is 0 Å². The van der Waals surface area contributed by atoms with E-state index in [1.54, 1.807) is 0 Å². The Hall–Kier alpha value is -1.06. The van der Waals surface area contributed by atoms with Crippen LogP contribution in [0, 0.1) is 5.92 Å². The second-order valence-corrected chi connectivity index (χ2v) is 5.56. The zero-order valence-corrected chi connectivity index (χ0v) is 12.5. The molecule has 0 bridgehead atoms. The first kappa shape index (κ1) is 14.4. The molecule has 0 fully saturated rings. The molecule has 0 amide bonds.